The van der Waals surface area contributed by atoms with Gasteiger partial charge in [0, 0.05) is 38.1 Å². The monoisotopic (exact) mass is 384 g/mol. The van der Waals surface area contributed by atoms with Crippen LogP contribution in [-0.2, 0) is 32.6 Å². The Morgan fingerprint density at radius 1 is 1.11 bits per heavy atom. The van der Waals surface area contributed by atoms with Gasteiger partial charge in [-0.2, -0.15) is 5.10 Å². The molecule has 3 aliphatic rings. The second-order valence-corrected chi connectivity index (χ2v) is 8.86. The van der Waals surface area contributed by atoms with E-state index in [1.165, 1.54) is 24.2 Å². The maximum Gasteiger partial charge on any atom is 0.118 e. The highest BCUT2D eigenvalue weighted by molar-refractivity contribution is 5.14. The number of hydrogen-bond donors (Lipinski definition) is 1. The molecule has 0 aromatic carbocycles. The summed E-state index contributed by atoms with van der Waals surface area (Å²) in [5, 5.41) is 14.9. The third-order valence-corrected chi connectivity index (χ3v) is 6.72. The number of aromatic nitrogens is 2. The molecule has 2 aromatic heterocycles. The van der Waals surface area contributed by atoms with E-state index in [9.17, 15) is 5.11 Å². The molecular weight excluding hydrogens is 352 g/mol. The number of aliphatic hydroxyl groups is 1. The first-order valence-electron chi connectivity index (χ1n) is 11.0. The number of piperidine rings is 1. The second kappa shape index (κ2) is 7.65. The third-order valence-electron chi connectivity index (χ3n) is 6.72. The van der Waals surface area contributed by atoms with Crippen molar-refractivity contribution in [2.45, 2.75) is 89.8 Å². The zero-order valence-electron chi connectivity index (χ0n) is 16.9. The fourth-order valence-electron chi connectivity index (χ4n) is 5.39. The van der Waals surface area contributed by atoms with E-state index >= 15 is 0 Å². The molecule has 2 fully saturated rings. The number of nitrogens with zero attached hydrogens (tertiary/aromatic N) is 4. The molecule has 5 rings (SSSR count). The second-order valence-electron chi connectivity index (χ2n) is 8.86. The maximum absolute atomic E-state index is 10.0. The van der Waals surface area contributed by atoms with Crippen LogP contribution >= 0.6 is 0 Å². The minimum absolute atomic E-state index is 0.100. The van der Waals surface area contributed by atoms with Gasteiger partial charge in [-0.15, -0.1) is 0 Å². The summed E-state index contributed by atoms with van der Waals surface area (Å²) in [6.07, 6.45) is 6.36. The molecule has 0 radical (unpaired) electrons. The van der Waals surface area contributed by atoms with Crippen molar-refractivity contribution in [3.8, 4) is 0 Å². The Balaban J connectivity index is 1.22. The maximum atomic E-state index is 10.0. The Labute approximate surface area is 167 Å². The van der Waals surface area contributed by atoms with Gasteiger partial charge in [0.25, 0.3) is 0 Å². The van der Waals surface area contributed by atoms with Crippen LogP contribution in [-0.4, -0.2) is 49.4 Å². The predicted octanol–water partition coefficient (Wildman–Crippen LogP) is 2.93. The summed E-state index contributed by atoms with van der Waals surface area (Å²) in [5.41, 5.74) is 2.50. The number of aliphatic hydroxyl groups excluding tert-OH is 1. The van der Waals surface area contributed by atoms with Crippen LogP contribution in [0.3, 0.4) is 0 Å². The van der Waals surface area contributed by atoms with Gasteiger partial charge in [-0.3, -0.25) is 14.5 Å². The molecule has 6 heteroatoms. The molecule has 2 bridgehead atoms. The highest BCUT2D eigenvalue weighted by Gasteiger charge is 2.40. The van der Waals surface area contributed by atoms with Crippen molar-refractivity contribution in [2.24, 2.45) is 0 Å². The van der Waals surface area contributed by atoms with Gasteiger partial charge >= 0.3 is 0 Å². The smallest absolute Gasteiger partial charge is 0.118 e. The predicted molar refractivity (Wildman–Crippen MR) is 107 cm³/mol. The molecule has 2 aromatic rings. The standard InChI is InChI=1S/C22H32N4O2/c1-2-3-21-6-7-22(28-21)15-24-8-9-26-19(14-24)10-16(23-26)13-25-17-4-5-18(25)12-20(27)11-17/h6-7,10,17-18,20,27H,2-5,8-9,11-15H2,1H3/t17-,18+,20?. The summed E-state index contributed by atoms with van der Waals surface area (Å²) >= 11 is 0. The molecule has 28 heavy (non-hydrogen) atoms. The van der Waals surface area contributed by atoms with Gasteiger partial charge in [-0.05, 0) is 50.3 Å². The number of aryl methyl sites for hydroxylation is 1. The highest BCUT2D eigenvalue weighted by atomic mass is 16.3. The van der Waals surface area contributed by atoms with Crippen molar-refractivity contribution < 1.29 is 9.52 Å². The Hall–Kier alpha value is -1.63. The molecule has 0 aliphatic carbocycles. The largest absolute Gasteiger partial charge is 0.465 e. The van der Waals surface area contributed by atoms with Gasteiger partial charge in [-0.1, -0.05) is 6.92 Å². The van der Waals surface area contributed by atoms with Crippen molar-refractivity contribution >= 4 is 0 Å². The van der Waals surface area contributed by atoms with Gasteiger partial charge in [0.15, 0.2) is 0 Å². The molecule has 1 N–H and O–H groups in total. The summed E-state index contributed by atoms with van der Waals surface area (Å²) in [4.78, 5) is 5.05. The highest BCUT2D eigenvalue weighted by Crippen LogP contribution is 2.36. The van der Waals surface area contributed by atoms with E-state index in [0.29, 0.717) is 12.1 Å². The van der Waals surface area contributed by atoms with Crippen LogP contribution in [0.4, 0.5) is 0 Å². The van der Waals surface area contributed by atoms with E-state index in [1.807, 2.05) is 0 Å². The lowest BCUT2D eigenvalue weighted by molar-refractivity contribution is 0.0302. The molecular formula is C22H32N4O2. The summed E-state index contributed by atoms with van der Waals surface area (Å²) in [7, 11) is 0. The number of fused-ring (bicyclic) bond motifs is 3. The van der Waals surface area contributed by atoms with Gasteiger partial charge in [0.2, 0.25) is 0 Å². The van der Waals surface area contributed by atoms with Crippen LogP contribution in [0.15, 0.2) is 22.6 Å². The average Bonchev–Trinajstić information content (AvgIpc) is 3.33. The zero-order chi connectivity index (χ0) is 19.1. The van der Waals surface area contributed by atoms with E-state index < -0.39 is 0 Å². The van der Waals surface area contributed by atoms with Crippen molar-refractivity contribution in [3.63, 3.8) is 0 Å². The van der Waals surface area contributed by atoms with Crippen LogP contribution in [0.5, 0.6) is 0 Å². The van der Waals surface area contributed by atoms with Crippen LogP contribution < -0.4 is 0 Å². The van der Waals surface area contributed by atoms with Crippen LogP contribution in [0.1, 0.15) is 61.9 Å². The molecule has 3 aliphatic heterocycles. The Morgan fingerprint density at radius 2 is 1.89 bits per heavy atom. The van der Waals surface area contributed by atoms with E-state index in [0.717, 1.165) is 69.9 Å². The summed E-state index contributed by atoms with van der Waals surface area (Å²) in [6, 6.07) is 7.62. The number of rotatable bonds is 6. The van der Waals surface area contributed by atoms with E-state index in [2.05, 4.69) is 39.6 Å². The van der Waals surface area contributed by atoms with Crippen molar-refractivity contribution in [3.05, 3.63) is 41.1 Å². The Morgan fingerprint density at radius 3 is 2.68 bits per heavy atom. The molecule has 6 nitrogen and oxygen atoms in total. The fraction of sp³-hybridized carbons (Fsp3) is 0.682. The molecule has 0 amide bonds. The van der Waals surface area contributed by atoms with Crippen molar-refractivity contribution in [1.82, 2.24) is 19.6 Å². The summed E-state index contributed by atoms with van der Waals surface area (Å²) < 4.78 is 8.16. The number of hydrogen-bond acceptors (Lipinski definition) is 5. The molecule has 5 heterocycles. The van der Waals surface area contributed by atoms with Crippen LogP contribution in [0, 0.1) is 0 Å². The van der Waals surface area contributed by atoms with Crippen molar-refractivity contribution in [1.29, 1.82) is 0 Å². The van der Waals surface area contributed by atoms with Gasteiger partial charge < -0.3 is 9.52 Å². The first kappa shape index (κ1) is 18.4. The molecule has 3 atom stereocenters. The van der Waals surface area contributed by atoms with E-state index in [1.54, 1.807) is 0 Å². The average molecular weight is 385 g/mol. The molecule has 2 saturated heterocycles. The molecule has 1 unspecified atom stereocenters. The summed E-state index contributed by atoms with van der Waals surface area (Å²) in [6.45, 7) is 6.88. The Bertz CT molecular complexity index is 799. The lowest BCUT2D eigenvalue weighted by Gasteiger charge is -2.36. The number of furan rings is 1. The van der Waals surface area contributed by atoms with Gasteiger partial charge in [0.1, 0.15) is 11.5 Å². The van der Waals surface area contributed by atoms with Crippen molar-refractivity contribution in [2.75, 3.05) is 6.54 Å². The van der Waals surface area contributed by atoms with Gasteiger partial charge in [0.05, 0.1) is 30.6 Å². The normalized spacial score (nSPS) is 28.0. The first-order valence-corrected chi connectivity index (χ1v) is 11.0. The van der Waals surface area contributed by atoms with Crippen LogP contribution in [0.25, 0.3) is 0 Å². The summed E-state index contributed by atoms with van der Waals surface area (Å²) in [5.74, 6) is 2.17. The molecule has 0 spiro atoms. The molecule has 152 valence electrons. The SMILES string of the molecule is CCCc1ccc(CN2CCn3nc(CN4[C@@H]5CC[C@H]4CC(O)C5)cc3C2)o1. The Kier molecular flexibility index (Phi) is 5.03. The van der Waals surface area contributed by atoms with E-state index in [4.69, 9.17) is 9.52 Å². The minimum Gasteiger partial charge on any atom is -0.465 e. The van der Waals surface area contributed by atoms with Crippen LogP contribution in [0.2, 0.25) is 0 Å². The lowest BCUT2D eigenvalue weighted by Crippen LogP contribution is -2.44. The topological polar surface area (TPSA) is 57.7 Å². The zero-order valence-corrected chi connectivity index (χ0v) is 16.9. The first-order chi connectivity index (χ1) is 13.7. The lowest BCUT2D eigenvalue weighted by atomic mass is 10.00. The minimum atomic E-state index is -0.100. The fourth-order valence-corrected chi connectivity index (χ4v) is 5.39. The third kappa shape index (κ3) is 3.65. The van der Waals surface area contributed by atoms with Gasteiger partial charge in [-0.25, -0.2) is 0 Å². The molecule has 0 saturated carbocycles. The van der Waals surface area contributed by atoms with E-state index in [-0.39, 0.29) is 6.10 Å². The quantitative estimate of drug-likeness (QED) is 0.830.